The Bertz CT molecular complexity index is 671. The first-order chi connectivity index (χ1) is 12.2. The molecule has 0 spiro atoms. The molecule has 1 aromatic heterocycles. The number of piperazine rings is 1. The van der Waals surface area contributed by atoms with Crippen molar-refractivity contribution >= 4 is 11.9 Å². The molecule has 2 aliphatic heterocycles. The largest absolute Gasteiger partial charge is 0.444 e. The summed E-state index contributed by atoms with van der Waals surface area (Å²) < 4.78 is 11.3. The van der Waals surface area contributed by atoms with Crippen molar-refractivity contribution in [2.45, 2.75) is 71.8 Å². The van der Waals surface area contributed by atoms with Crippen LogP contribution in [0.25, 0.3) is 0 Å². The van der Waals surface area contributed by atoms with Gasteiger partial charge in [0.2, 0.25) is 0 Å². The third kappa shape index (κ3) is 3.80. The van der Waals surface area contributed by atoms with Crippen molar-refractivity contribution in [3.63, 3.8) is 0 Å². The van der Waals surface area contributed by atoms with Gasteiger partial charge in [-0.05, 0) is 59.6 Å². The highest BCUT2D eigenvalue weighted by molar-refractivity contribution is 5.69. The van der Waals surface area contributed by atoms with Crippen molar-refractivity contribution in [1.82, 2.24) is 9.88 Å². The maximum Gasteiger partial charge on any atom is 0.410 e. The zero-order chi connectivity index (χ0) is 19.1. The van der Waals surface area contributed by atoms with E-state index in [1.807, 2.05) is 39.5 Å². The molecule has 0 N–H and O–H groups in total. The Hall–Kier alpha value is -1.82. The van der Waals surface area contributed by atoms with E-state index in [4.69, 9.17) is 14.5 Å². The van der Waals surface area contributed by atoms with E-state index in [2.05, 4.69) is 24.0 Å². The van der Waals surface area contributed by atoms with E-state index in [9.17, 15) is 4.79 Å². The van der Waals surface area contributed by atoms with Gasteiger partial charge in [0.1, 0.15) is 11.4 Å². The van der Waals surface area contributed by atoms with Crippen LogP contribution in [0.2, 0.25) is 0 Å². The van der Waals surface area contributed by atoms with Gasteiger partial charge in [-0.15, -0.1) is 0 Å². The summed E-state index contributed by atoms with van der Waals surface area (Å²) in [7, 11) is 0. The number of anilines is 1. The van der Waals surface area contributed by atoms with Crippen molar-refractivity contribution < 1.29 is 14.3 Å². The molecule has 3 rings (SSSR count). The molecule has 3 atom stereocenters. The second-order valence-electron chi connectivity index (χ2n) is 8.32. The van der Waals surface area contributed by atoms with Gasteiger partial charge in [0, 0.05) is 25.7 Å². The van der Waals surface area contributed by atoms with E-state index in [1.54, 1.807) is 0 Å². The zero-order valence-corrected chi connectivity index (χ0v) is 16.8. The SMILES string of the molecule is CCOC(C)c1ccc2c(n1)N1[C@H](C2)CN(C(=O)OC(C)(C)C)C[C@H]1C. The molecular formula is C20H31N3O3. The molecule has 6 nitrogen and oxygen atoms in total. The van der Waals surface area contributed by atoms with Gasteiger partial charge in [0.25, 0.3) is 0 Å². The van der Waals surface area contributed by atoms with Crippen LogP contribution in [0.4, 0.5) is 10.6 Å². The predicted octanol–water partition coefficient (Wildman–Crippen LogP) is 3.55. The fourth-order valence-corrected chi connectivity index (χ4v) is 3.89. The Morgan fingerprint density at radius 3 is 2.73 bits per heavy atom. The summed E-state index contributed by atoms with van der Waals surface area (Å²) in [6.07, 6.45) is 0.677. The Labute approximate surface area is 156 Å². The molecule has 144 valence electrons. The lowest BCUT2D eigenvalue weighted by Crippen LogP contribution is -2.58. The number of carbonyl (C=O) groups excluding carboxylic acids is 1. The van der Waals surface area contributed by atoms with Gasteiger partial charge in [-0.2, -0.15) is 0 Å². The maximum absolute atomic E-state index is 12.5. The lowest BCUT2D eigenvalue weighted by Gasteiger charge is -2.43. The van der Waals surface area contributed by atoms with Crippen molar-refractivity contribution in [2.75, 3.05) is 24.6 Å². The molecule has 1 fully saturated rings. The summed E-state index contributed by atoms with van der Waals surface area (Å²) in [6, 6.07) is 4.68. The molecular weight excluding hydrogens is 330 g/mol. The predicted molar refractivity (Wildman–Crippen MR) is 102 cm³/mol. The number of fused-ring (bicyclic) bond motifs is 3. The molecule has 1 amide bonds. The number of hydrogen-bond donors (Lipinski definition) is 0. The highest BCUT2D eigenvalue weighted by atomic mass is 16.6. The average Bonchev–Trinajstić information content (AvgIpc) is 2.91. The second kappa shape index (κ2) is 7.06. The smallest absolute Gasteiger partial charge is 0.410 e. The normalized spacial score (nSPS) is 23.5. The molecule has 6 heteroatoms. The Balaban J connectivity index is 1.77. The van der Waals surface area contributed by atoms with Gasteiger partial charge in [-0.3, -0.25) is 0 Å². The fraction of sp³-hybridized carbons (Fsp3) is 0.700. The second-order valence-corrected chi connectivity index (χ2v) is 8.32. The molecule has 0 radical (unpaired) electrons. The minimum atomic E-state index is -0.470. The van der Waals surface area contributed by atoms with Crippen LogP contribution < -0.4 is 4.90 Å². The molecule has 1 unspecified atom stereocenters. The average molecular weight is 361 g/mol. The Morgan fingerprint density at radius 1 is 1.35 bits per heavy atom. The maximum atomic E-state index is 12.5. The number of amides is 1. The summed E-state index contributed by atoms with van der Waals surface area (Å²) in [4.78, 5) is 21.6. The molecule has 2 aliphatic rings. The molecule has 26 heavy (non-hydrogen) atoms. The van der Waals surface area contributed by atoms with E-state index in [0.29, 0.717) is 19.7 Å². The minimum absolute atomic E-state index is 0.0114. The Kier molecular flexibility index (Phi) is 5.15. The molecule has 0 saturated carbocycles. The van der Waals surface area contributed by atoms with Gasteiger partial charge >= 0.3 is 6.09 Å². The standard InChI is InChI=1S/C20H31N3O3/c1-7-25-14(3)17-9-8-15-10-16-12-22(19(24)26-20(4,5)6)11-13(2)23(16)18(15)21-17/h8-9,13-14,16H,7,10-12H2,1-6H3/t13-,14?,16-/m1/s1. The first-order valence-electron chi connectivity index (χ1n) is 9.57. The minimum Gasteiger partial charge on any atom is -0.444 e. The van der Waals surface area contributed by atoms with E-state index in [1.165, 1.54) is 5.56 Å². The van der Waals surface area contributed by atoms with Crippen LogP contribution in [0.1, 0.15) is 58.9 Å². The molecule has 1 aromatic rings. The fourth-order valence-electron chi connectivity index (χ4n) is 3.89. The Morgan fingerprint density at radius 2 is 2.08 bits per heavy atom. The van der Waals surface area contributed by atoms with Crippen LogP contribution >= 0.6 is 0 Å². The molecule has 3 heterocycles. The third-order valence-electron chi connectivity index (χ3n) is 4.95. The van der Waals surface area contributed by atoms with Crippen LogP contribution in [0.3, 0.4) is 0 Å². The highest BCUT2D eigenvalue weighted by Crippen LogP contribution is 2.36. The third-order valence-corrected chi connectivity index (χ3v) is 4.95. The van der Waals surface area contributed by atoms with E-state index >= 15 is 0 Å². The number of aromatic nitrogens is 1. The van der Waals surface area contributed by atoms with Crippen LogP contribution in [0, 0.1) is 0 Å². The van der Waals surface area contributed by atoms with Gasteiger partial charge in [0.05, 0.1) is 17.8 Å². The van der Waals surface area contributed by atoms with E-state index in [-0.39, 0.29) is 24.3 Å². The topological polar surface area (TPSA) is 54.9 Å². The summed E-state index contributed by atoms with van der Waals surface area (Å²) in [5.41, 5.74) is 1.75. The lowest BCUT2D eigenvalue weighted by molar-refractivity contribution is 0.0191. The summed E-state index contributed by atoms with van der Waals surface area (Å²) >= 11 is 0. The number of nitrogens with zero attached hydrogens (tertiary/aromatic N) is 3. The number of pyridine rings is 1. The van der Waals surface area contributed by atoms with Crippen LogP contribution in [-0.4, -0.2) is 53.4 Å². The van der Waals surface area contributed by atoms with Crippen LogP contribution in [0.15, 0.2) is 12.1 Å². The first-order valence-corrected chi connectivity index (χ1v) is 9.57. The molecule has 0 aliphatic carbocycles. The number of hydrogen-bond acceptors (Lipinski definition) is 5. The molecule has 1 saturated heterocycles. The van der Waals surface area contributed by atoms with Gasteiger partial charge in [-0.1, -0.05) is 6.07 Å². The monoisotopic (exact) mass is 361 g/mol. The van der Waals surface area contributed by atoms with Crippen LogP contribution in [-0.2, 0) is 15.9 Å². The zero-order valence-electron chi connectivity index (χ0n) is 16.8. The molecule has 0 bridgehead atoms. The highest BCUT2D eigenvalue weighted by Gasteiger charge is 2.41. The van der Waals surface area contributed by atoms with Gasteiger partial charge < -0.3 is 19.3 Å². The molecule has 0 aromatic carbocycles. The lowest BCUT2D eigenvalue weighted by atomic mass is 10.1. The van der Waals surface area contributed by atoms with Gasteiger partial charge in [0.15, 0.2) is 0 Å². The first kappa shape index (κ1) is 19.0. The van der Waals surface area contributed by atoms with E-state index in [0.717, 1.165) is 17.9 Å². The summed E-state index contributed by atoms with van der Waals surface area (Å²) in [6.45, 7) is 13.9. The van der Waals surface area contributed by atoms with Crippen molar-refractivity contribution in [1.29, 1.82) is 0 Å². The number of rotatable bonds is 3. The summed E-state index contributed by atoms with van der Waals surface area (Å²) in [5, 5.41) is 0. The number of ether oxygens (including phenoxy) is 2. The van der Waals surface area contributed by atoms with Crippen LogP contribution in [0.5, 0.6) is 0 Å². The summed E-state index contributed by atoms with van der Waals surface area (Å²) in [5.74, 6) is 1.05. The quantitative estimate of drug-likeness (QED) is 0.824. The van der Waals surface area contributed by atoms with Crippen molar-refractivity contribution in [2.24, 2.45) is 0 Å². The number of carbonyl (C=O) groups is 1. The van der Waals surface area contributed by atoms with Crippen molar-refractivity contribution in [3.05, 3.63) is 23.4 Å². The van der Waals surface area contributed by atoms with E-state index < -0.39 is 5.60 Å². The van der Waals surface area contributed by atoms with Gasteiger partial charge in [-0.25, -0.2) is 9.78 Å². The van der Waals surface area contributed by atoms with Crippen molar-refractivity contribution in [3.8, 4) is 0 Å².